The number of benzene rings is 3. The SMILES string of the molecule is C[C@@H](CC(=O)c1ccc(/C(F)=C/C(c2cc(Cl)c(Cl)c(Cl)c2)C(F)(F)F)c2ccccc12)C(=O)NCC(F)(F)F. The van der Waals surface area contributed by atoms with E-state index in [1.807, 2.05) is 0 Å². The summed E-state index contributed by atoms with van der Waals surface area (Å²) in [6.07, 6.45) is -9.67. The fourth-order valence-electron chi connectivity index (χ4n) is 3.96. The third-order valence-electron chi connectivity index (χ3n) is 5.91. The Kier molecular flexibility index (Phi) is 9.80. The summed E-state index contributed by atoms with van der Waals surface area (Å²) in [5, 5.41) is 1.33. The maximum Gasteiger partial charge on any atom is 0.405 e. The fourth-order valence-corrected chi connectivity index (χ4v) is 4.58. The lowest BCUT2D eigenvalue weighted by Gasteiger charge is -2.19. The smallest absolute Gasteiger partial charge is 0.347 e. The standard InChI is InChI=1S/C27H19Cl3F7NO2/c1-13(25(40)38-12-26(32,33)34)8-23(39)18-7-6-17(15-4-2-3-5-16(15)18)22(31)11-19(27(35,36)37)14-9-20(28)24(30)21(29)10-14/h2-7,9-11,13,19H,8,12H2,1H3,(H,38,40)/b22-11-/t13-,19?/m0/s1. The molecule has 0 aliphatic carbocycles. The lowest BCUT2D eigenvalue weighted by molar-refractivity contribution is -0.140. The number of carbonyl (C=O) groups excluding carboxylic acids is 2. The van der Waals surface area contributed by atoms with Gasteiger partial charge >= 0.3 is 12.4 Å². The highest BCUT2D eigenvalue weighted by atomic mass is 35.5. The summed E-state index contributed by atoms with van der Waals surface area (Å²) in [4.78, 5) is 24.9. The molecule has 13 heteroatoms. The molecule has 40 heavy (non-hydrogen) atoms. The third-order valence-corrected chi connectivity index (χ3v) is 7.11. The summed E-state index contributed by atoms with van der Waals surface area (Å²) in [5.41, 5.74) is -0.675. The number of halogens is 10. The maximum atomic E-state index is 15.5. The van der Waals surface area contributed by atoms with Gasteiger partial charge in [-0.1, -0.05) is 78.1 Å². The zero-order valence-electron chi connectivity index (χ0n) is 20.4. The highest BCUT2D eigenvalue weighted by molar-refractivity contribution is 6.48. The molecule has 3 aromatic carbocycles. The molecule has 0 saturated heterocycles. The van der Waals surface area contributed by atoms with E-state index in [4.69, 9.17) is 34.8 Å². The molecule has 0 aliphatic heterocycles. The molecule has 0 bridgehead atoms. The van der Waals surface area contributed by atoms with Crippen molar-refractivity contribution < 1.29 is 40.3 Å². The van der Waals surface area contributed by atoms with Crippen molar-refractivity contribution in [1.29, 1.82) is 0 Å². The van der Waals surface area contributed by atoms with Crippen LogP contribution in [-0.4, -0.2) is 30.6 Å². The number of allylic oxidation sites excluding steroid dienone is 1. The van der Waals surface area contributed by atoms with E-state index < -0.39 is 60.2 Å². The second-order valence-electron chi connectivity index (χ2n) is 8.90. The van der Waals surface area contributed by atoms with Crippen molar-refractivity contribution in [3.05, 3.63) is 86.4 Å². The molecule has 0 fully saturated rings. The fraction of sp³-hybridized carbons (Fsp3) is 0.259. The Balaban J connectivity index is 1.98. The van der Waals surface area contributed by atoms with Crippen LogP contribution >= 0.6 is 34.8 Å². The van der Waals surface area contributed by atoms with Gasteiger partial charge in [0.2, 0.25) is 5.91 Å². The van der Waals surface area contributed by atoms with E-state index in [1.165, 1.54) is 37.3 Å². The van der Waals surface area contributed by atoms with Crippen LogP contribution in [0.2, 0.25) is 15.1 Å². The summed E-state index contributed by atoms with van der Waals surface area (Å²) in [6.45, 7) is -0.282. The van der Waals surface area contributed by atoms with Crippen molar-refractivity contribution in [3.8, 4) is 0 Å². The predicted octanol–water partition coefficient (Wildman–Crippen LogP) is 9.34. The summed E-state index contributed by atoms with van der Waals surface area (Å²) >= 11 is 17.6. The Bertz CT molecular complexity index is 1450. The van der Waals surface area contributed by atoms with Crippen molar-refractivity contribution in [2.75, 3.05) is 6.54 Å². The summed E-state index contributed by atoms with van der Waals surface area (Å²) in [5.74, 6) is -6.42. The van der Waals surface area contributed by atoms with Crippen LogP contribution in [0.25, 0.3) is 16.6 Å². The number of hydrogen-bond donors (Lipinski definition) is 1. The van der Waals surface area contributed by atoms with Gasteiger partial charge in [0.1, 0.15) is 18.3 Å². The third kappa shape index (κ3) is 7.67. The molecular weight excluding hydrogens is 610 g/mol. The van der Waals surface area contributed by atoms with E-state index in [0.29, 0.717) is 6.08 Å². The minimum Gasteiger partial charge on any atom is -0.347 e. The number of Topliss-reactive ketones (excluding diaryl/α,β-unsaturated/α-hetero) is 1. The first-order chi connectivity index (χ1) is 18.5. The van der Waals surface area contributed by atoms with Crippen LogP contribution in [0, 0.1) is 5.92 Å². The Morgan fingerprint density at radius 3 is 1.95 bits per heavy atom. The molecule has 3 aromatic rings. The van der Waals surface area contributed by atoms with Gasteiger partial charge in [-0.05, 0) is 34.5 Å². The predicted molar refractivity (Wildman–Crippen MR) is 140 cm³/mol. The molecule has 3 nitrogen and oxygen atoms in total. The van der Waals surface area contributed by atoms with E-state index in [-0.39, 0.29) is 37.0 Å². The van der Waals surface area contributed by atoms with Gasteiger partial charge < -0.3 is 5.32 Å². The van der Waals surface area contributed by atoms with E-state index in [0.717, 1.165) is 18.2 Å². The molecule has 1 amide bonds. The van der Waals surface area contributed by atoms with Gasteiger partial charge in [-0.25, -0.2) is 4.39 Å². The number of fused-ring (bicyclic) bond motifs is 1. The summed E-state index contributed by atoms with van der Waals surface area (Å²) in [7, 11) is 0. The maximum absolute atomic E-state index is 15.5. The number of hydrogen-bond acceptors (Lipinski definition) is 2. The molecule has 1 unspecified atom stereocenters. The Morgan fingerprint density at radius 1 is 0.900 bits per heavy atom. The molecule has 0 aliphatic rings. The quantitative estimate of drug-likeness (QED) is 0.154. The van der Waals surface area contributed by atoms with Crippen molar-refractivity contribution in [2.45, 2.75) is 31.6 Å². The van der Waals surface area contributed by atoms with Crippen molar-refractivity contribution in [3.63, 3.8) is 0 Å². The topological polar surface area (TPSA) is 46.2 Å². The number of ketones is 1. The van der Waals surface area contributed by atoms with Crippen LogP contribution in [0.15, 0.2) is 54.6 Å². The molecule has 0 aromatic heterocycles. The molecule has 3 rings (SSSR count). The van der Waals surface area contributed by atoms with E-state index in [9.17, 15) is 35.9 Å². The van der Waals surface area contributed by atoms with Gasteiger partial charge in [-0.15, -0.1) is 0 Å². The Morgan fingerprint density at radius 2 is 1.43 bits per heavy atom. The molecular formula is C27H19Cl3F7NO2. The molecule has 1 N–H and O–H groups in total. The van der Waals surface area contributed by atoms with E-state index >= 15 is 4.39 Å². The minimum atomic E-state index is -4.94. The van der Waals surface area contributed by atoms with Crippen molar-refractivity contribution >= 4 is 63.1 Å². The lowest BCUT2D eigenvalue weighted by Crippen LogP contribution is -2.37. The van der Waals surface area contributed by atoms with Gasteiger partial charge in [0.15, 0.2) is 5.78 Å². The van der Waals surface area contributed by atoms with Crippen LogP contribution in [0.5, 0.6) is 0 Å². The Labute approximate surface area is 238 Å². The molecule has 2 atom stereocenters. The van der Waals surface area contributed by atoms with Gasteiger partial charge in [-0.2, -0.15) is 26.3 Å². The monoisotopic (exact) mass is 627 g/mol. The number of amides is 1. The zero-order chi connectivity index (χ0) is 30.0. The van der Waals surface area contributed by atoms with E-state index in [1.54, 1.807) is 5.32 Å². The minimum absolute atomic E-state index is 0.0197. The van der Waals surface area contributed by atoms with Crippen LogP contribution in [0.4, 0.5) is 30.7 Å². The van der Waals surface area contributed by atoms with Crippen molar-refractivity contribution in [2.24, 2.45) is 5.92 Å². The number of carbonyl (C=O) groups is 2. The highest BCUT2D eigenvalue weighted by Crippen LogP contribution is 2.43. The normalized spacial score (nSPS) is 14.2. The first kappa shape index (κ1) is 31.7. The van der Waals surface area contributed by atoms with Crippen molar-refractivity contribution in [1.82, 2.24) is 5.32 Å². The van der Waals surface area contributed by atoms with Gasteiger partial charge in [0.25, 0.3) is 0 Å². The zero-order valence-corrected chi connectivity index (χ0v) is 22.6. The first-order valence-corrected chi connectivity index (χ1v) is 12.6. The van der Waals surface area contributed by atoms with Gasteiger partial charge in [-0.3, -0.25) is 9.59 Å². The highest BCUT2D eigenvalue weighted by Gasteiger charge is 2.40. The second-order valence-corrected chi connectivity index (χ2v) is 10.1. The summed E-state index contributed by atoms with van der Waals surface area (Å²) in [6, 6.07) is 10.0. The van der Waals surface area contributed by atoms with Gasteiger partial charge in [0, 0.05) is 23.5 Å². The number of alkyl halides is 6. The molecule has 0 radical (unpaired) electrons. The Hall–Kier alpha value is -2.82. The van der Waals surface area contributed by atoms with Gasteiger partial charge in [0.05, 0.1) is 15.1 Å². The lowest BCUT2D eigenvalue weighted by atomic mass is 9.91. The largest absolute Gasteiger partial charge is 0.405 e. The molecule has 214 valence electrons. The average Bonchev–Trinajstić information content (AvgIpc) is 2.86. The molecule has 0 saturated carbocycles. The molecule has 0 spiro atoms. The van der Waals surface area contributed by atoms with Crippen LogP contribution in [0.1, 0.15) is 40.7 Å². The van der Waals surface area contributed by atoms with Crippen LogP contribution in [0.3, 0.4) is 0 Å². The van der Waals surface area contributed by atoms with Crippen LogP contribution < -0.4 is 5.32 Å². The average molecular weight is 629 g/mol. The number of rotatable bonds is 8. The first-order valence-electron chi connectivity index (χ1n) is 11.5. The second kappa shape index (κ2) is 12.4. The number of nitrogens with one attached hydrogen (secondary N) is 1. The van der Waals surface area contributed by atoms with Crippen LogP contribution in [-0.2, 0) is 4.79 Å². The molecule has 0 heterocycles. The van der Waals surface area contributed by atoms with E-state index in [2.05, 4.69) is 0 Å². The summed E-state index contributed by atoms with van der Waals surface area (Å²) < 4.78 is 94.5.